The fourth-order valence-electron chi connectivity index (χ4n) is 1.77. The van der Waals surface area contributed by atoms with Crippen LogP contribution in [0.4, 0.5) is 4.39 Å². The van der Waals surface area contributed by atoms with Crippen LogP contribution in [-0.2, 0) is 6.42 Å². The van der Waals surface area contributed by atoms with E-state index in [2.05, 4.69) is 0 Å². The van der Waals surface area contributed by atoms with Crippen molar-refractivity contribution in [3.63, 3.8) is 0 Å². The van der Waals surface area contributed by atoms with Gasteiger partial charge in [0.2, 0.25) is 0 Å². The van der Waals surface area contributed by atoms with Crippen LogP contribution in [0.2, 0.25) is 0 Å². The first-order chi connectivity index (χ1) is 6.25. The van der Waals surface area contributed by atoms with Crippen LogP contribution in [0.1, 0.15) is 18.4 Å². The van der Waals surface area contributed by atoms with E-state index in [1.54, 1.807) is 0 Å². The molecule has 1 aromatic rings. The average molecular weight is 179 g/mol. The van der Waals surface area contributed by atoms with Gasteiger partial charge in [-0.15, -0.1) is 0 Å². The molecule has 0 aliphatic heterocycles. The highest BCUT2D eigenvalue weighted by Crippen LogP contribution is 2.28. The van der Waals surface area contributed by atoms with Gasteiger partial charge < -0.3 is 5.73 Å². The van der Waals surface area contributed by atoms with Crippen molar-refractivity contribution in [3.8, 4) is 0 Å². The molecule has 2 N–H and O–H groups in total. The van der Waals surface area contributed by atoms with Crippen molar-refractivity contribution in [2.45, 2.75) is 25.3 Å². The molecule has 2 atom stereocenters. The molecule has 0 bridgehead atoms. The zero-order valence-electron chi connectivity index (χ0n) is 7.54. The Bertz CT molecular complexity index is 281. The first-order valence-electron chi connectivity index (χ1n) is 4.76. The molecule has 2 heteroatoms. The Balaban J connectivity index is 1.98. The molecule has 1 fully saturated rings. The van der Waals surface area contributed by atoms with Crippen LogP contribution in [0.3, 0.4) is 0 Å². The predicted molar refractivity (Wildman–Crippen MR) is 50.8 cm³/mol. The van der Waals surface area contributed by atoms with Crippen molar-refractivity contribution < 1.29 is 4.39 Å². The predicted octanol–water partition coefficient (Wildman–Crippen LogP) is 2.11. The topological polar surface area (TPSA) is 26.0 Å². The van der Waals surface area contributed by atoms with Crippen molar-refractivity contribution in [2.24, 2.45) is 11.7 Å². The van der Waals surface area contributed by atoms with Gasteiger partial charge in [0, 0.05) is 6.04 Å². The molecule has 2 unspecified atom stereocenters. The number of rotatable bonds is 2. The Hall–Kier alpha value is -0.890. The van der Waals surface area contributed by atoms with E-state index in [1.165, 1.54) is 24.1 Å². The van der Waals surface area contributed by atoms with Crippen LogP contribution in [-0.4, -0.2) is 6.04 Å². The Morgan fingerprint density at radius 3 is 2.38 bits per heavy atom. The molecule has 1 saturated carbocycles. The number of nitrogens with two attached hydrogens (primary N) is 1. The summed E-state index contributed by atoms with van der Waals surface area (Å²) in [6, 6.07) is 7.09. The molecule has 1 aliphatic rings. The maximum absolute atomic E-state index is 12.6. The number of benzene rings is 1. The lowest BCUT2D eigenvalue weighted by Crippen LogP contribution is -2.40. The average Bonchev–Trinajstić information content (AvgIpc) is 2.15. The van der Waals surface area contributed by atoms with E-state index in [4.69, 9.17) is 5.73 Å². The van der Waals surface area contributed by atoms with Crippen LogP contribution >= 0.6 is 0 Å². The highest BCUT2D eigenvalue weighted by atomic mass is 19.1. The summed E-state index contributed by atoms with van der Waals surface area (Å²) in [6.45, 7) is 0. The van der Waals surface area contributed by atoms with Gasteiger partial charge in [0.25, 0.3) is 0 Å². The van der Waals surface area contributed by atoms with Gasteiger partial charge in [-0.05, 0) is 42.9 Å². The molecule has 0 spiro atoms. The lowest BCUT2D eigenvalue weighted by Gasteiger charge is -2.33. The summed E-state index contributed by atoms with van der Waals surface area (Å²) in [5.41, 5.74) is 7.02. The van der Waals surface area contributed by atoms with Crippen LogP contribution in [0.25, 0.3) is 0 Å². The summed E-state index contributed by atoms with van der Waals surface area (Å²) in [5, 5.41) is 0. The molecule has 0 amide bonds. The zero-order valence-corrected chi connectivity index (χ0v) is 7.54. The lowest BCUT2D eigenvalue weighted by molar-refractivity contribution is 0.256. The van der Waals surface area contributed by atoms with Crippen molar-refractivity contribution >= 4 is 0 Å². The van der Waals surface area contributed by atoms with Gasteiger partial charge >= 0.3 is 0 Å². The third-order valence-electron chi connectivity index (χ3n) is 2.89. The van der Waals surface area contributed by atoms with E-state index in [0.29, 0.717) is 12.0 Å². The minimum atomic E-state index is -0.165. The Morgan fingerprint density at radius 1 is 1.23 bits per heavy atom. The molecule has 70 valence electrons. The van der Waals surface area contributed by atoms with Gasteiger partial charge in [-0.25, -0.2) is 4.39 Å². The van der Waals surface area contributed by atoms with E-state index >= 15 is 0 Å². The molecule has 0 radical (unpaired) electrons. The Kier molecular flexibility index (Phi) is 2.32. The molecule has 0 aromatic heterocycles. The van der Waals surface area contributed by atoms with Crippen LogP contribution < -0.4 is 5.73 Å². The first-order valence-corrected chi connectivity index (χ1v) is 4.76. The van der Waals surface area contributed by atoms with Crippen LogP contribution in [0.15, 0.2) is 24.3 Å². The standard InChI is InChI=1S/C11H14FN/c12-10-4-1-8(2-5-10)7-9-3-6-11(9)13/h1-2,4-5,9,11H,3,6-7,13H2. The summed E-state index contributed by atoms with van der Waals surface area (Å²) in [6.07, 6.45) is 3.37. The van der Waals surface area contributed by atoms with Crippen molar-refractivity contribution in [1.29, 1.82) is 0 Å². The van der Waals surface area contributed by atoms with Gasteiger partial charge in [-0.2, -0.15) is 0 Å². The summed E-state index contributed by atoms with van der Waals surface area (Å²) >= 11 is 0. The van der Waals surface area contributed by atoms with E-state index in [0.717, 1.165) is 12.8 Å². The molecule has 0 saturated heterocycles. The number of halogens is 1. The summed E-state index contributed by atoms with van der Waals surface area (Å²) in [7, 11) is 0. The number of hydrogen-bond acceptors (Lipinski definition) is 1. The highest BCUT2D eigenvalue weighted by molar-refractivity contribution is 5.17. The second-order valence-electron chi connectivity index (χ2n) is 3.83. The number of hydrogen-bond donors (Lipinski definition) is 1. The fourth-order valence-corrected chi connectivity index (χ4v) is 1.77. The minimum absolute atomic E-state index is 0.165. The van der Waals surface area contributed by atoms with Gasteiger partial charge in [0.1, 0.15) is 5.82 Å². The van der Waals surface area contributed by atoms with Crippen LogP contribution in [0.5, 0.6) is 0 Å². The van der Waals surface area contributed by atoms with Crippen LogP contribution in [0, 0.1) is 11.7 Å². The maximum atomic E-state index is 12.6. The molecular formula is C11H14FN. The Labute approximate surface area is 77.8 Å². The second kappa shape index (κ2) is 3.46. The van der Waals surface area contributed by atoms with E-state index in [9.17, 15) is 4.39 Å². The molecule has 13 heavy (non-hydrogen) atoms. The first kappa shape index (κ1) is 8.70. The zero-order chi connectivity index (χ0) is 9.26. The molecular weight excluding hydrogens is 165 g/mol. The van der Waals surface area contributed by atoms with Crippen molar-refractivity contribution in [1.82, 2.24) is 0 Å². The third-order valence-corrected chi connectivity index (χ3v) is 2.89. The van der Waals surface area contributed by atoms with E-state index in [1.807, 2.05) is 12.1 Å². The summed E-state index contributed by atoms with van der Waals surface area (Å²) < 4.78 is 12.6. The van der Waals surface area contributed by atoms with Crippen molar-refractivity contribution in [2.75, 3.05) is 0 Å². The molecule has 0 heterocycles. The van der Waals surface area contributed by atoms with E-state index < -0.39 is 0 Å². The molecule has 1 aromatic carbocycles. The Morgan fingerprint density at radius 2 is 1.92 bits per heavy atom. The SMILES string of the molecule is NC1CCC1Cc1ccc(F)cc1. The summed E-state index contributed by atoms with van der Waals surface area (Å²) in [5.74, 6) is 0.451. The third kappa shape index (κ3) is 1.89. The summed E-state index contributed by atoms with van der Waals surface area (Å²) in [4.78, 5) is 0. The largest absolute Gasteiger partial charge is 0.327 e. The van der Waals surface area contributed by atoms with Gasteiger partial charge in [0.05, 0.1) is 0 Å². The smallest absolute Gasteiger partial charge is 0.123 e. The van der Waals surface area contributed by atoms with Gasteiger partial charge in [0.15, 0.2) is 0 Å². The quantitative estimate of drug-likeness (QED) is 0.739. The maximum Gasteiger partial charge on any atom is 0.123 e. The monoisotopic (exact) mass is 179 g/mol. The minimum Gasteiger partial charge on any atom is -0.327 e. The van der Waals surface area contributed by atoms with E-state index in [-0.39, 0.29) is 5.82 Å². The molecule has 1 aliphatic carbocycles. The van der Waals surface area contributed by atoms with Crippen molar-refractivity contribution in [3.05, 3.63) is 35.6 Å². The fraction of sp³-hybridized carbons (Fsp3) is 0.455. The van der Waals surface area contributed by atoms with Gasteiger partial charge in [-0.3, -0.25) is 0 Å². The normalized spacial score (nSPS) is 26.9. The van der Waals surface area contributed by atoms with Gasteiger partial charge in [-0.1, -0.05) is 12.1 Å². The lowest BCUT2D eigenvalue weighted by atomic mass is 9.76. The molecule has 2 rings (SSSR count). The molecule has 1 nitrogen and oxygen atoms in total. The second-order valence-corrected chi connectivity index (χ2v) is 3.83. The highest BCUT2D eigenvalue weighted by Gasteiger charge is 2.26.